The molecule has 0 aromatic heterocycles. The molecular weight excluding hydrogens is 224 g/mol. The van der Waals surface area contributed by atoms with Crippen LogP contribution in [0.2, 0.25) is 0 Å². The SMILES string of the molecule is CC(C)CC1=c2ccccc2=CC1=CNC(N)=O. The maximum atomic E-state index is 10.8. The molecule has 0 bridgehead atoms. The van der Waals surface area contributed by atoms with Crippen LogP contribution in [0.1, 0.15) is 20.3 Å². The van der Waals surface area contributed by atoms with Crippen LogP contribution >= 0.6 is 0 Å². The number of primary amides is 1. The molecule has 1 aliphatic carbocycles. The highest BCUT2D eigenvalue weighted by molar-refractivity contribution is 5.83. The number of hydrogen-bond acceptors (Lipinski definition) is 1. The minimum absolute atomic E-state index is 0.532. The molecule has 18 heavy (non-hydrogen) atoms. The van der Waals surface area contributed by atoms with Gasteiger partial charge in [-0.15, -0.1) is 0 Å². The maximum absolute atomic E-state index is 10.8. The molecule has 0 atom stereocenters. The fourth-order valence-corrected chi connectivity index (χ4v) is 2.22. The van der Waals surface area contributed by atoms with E-state index in [2.05, 4.69) is 37.4 Å². The predicted octanol–water partition coefficient (Wildman–Crippen LogP) is 1.23. The second-order valence-electron chi connectivity index (χ2n) is 4.92. The van der Waals surface area contributed by atoms with E-state index in [1.165, 1.54) is 16.0 Å². The summed E-state index contributed by atoms with van der Waals surface area (Å²) in [6, 6.07) is 7.73. The summed E-state index contributed by atoms with van der Waals surface area (Å²) >= 11 is 0. The second-order valence-corrected chi connectivity index (χ2v) is 4.92. The van der Waals surface area contributed by atoms with Gasteiger partial charge >= 0.3 is 6.03 Å². The predicted molar refractivity (Wildman–Crippen MR) is 73.8 cm³/mol. The molecule has 0 saturated carbocycles. The molecule has 0 unspecified atom stereocenters. The molecule has 0 radical (unpaired) electrons. The van der Waals surface area contributed by atoms with Gasteiger partial charge in [-0.1, -0.05) is 38.1 Å². The second kappa shape index (κ2) is 5.08. The summed E-state index contributed by atoms with van der Waals surface area (Å²) in [7, 11) is 0. The number of benzene rings is 1. The Hall–Kier alpha value is -2.03. The van der Waals surface area contributed by atoms with Crippen LogP contribution in [0.25, 0.3) is 11.6 Å². The monoisotopic (exact) mass is 242 g/mol. The topological polar surface area (TPSA) is 55.1 Å². The lowest BCUT2D eigenvalue weighted by Crippen LogP contribution is -2.24. The zero-order chi connectivity index (χ0) is 13.1. The summed E-state index contributed by atoms with van der Waals surface area (Å²) in [4.78, 5) is 10.8. The van der Waals surface area contributed by atoms with Gasteiger partial charge in [-0.25, -0.2) is 4.79 Å². The summed E-state index contributed by atoms with van der Waals surface area (Å²) < 4.78 is 0. The number of allylic oxidation sites excluding steroid dienone is 1. The van der Waals surface area contributed by atoms with Crippen molar-refractivity contribution in [1.82, 2.24) is 5.32 Å². The van der Waals surface area contributed by atoms with Gasteiger partial charge in [0.15, 0.2) is 0 Å². The van der Waals surface area contributed by atoms with Crippen molar-refractivity contribution in [2.45, 2.75) is 20.3 Å². The number of hydrogen-bond donors (Lipinski definition) is 2. The Morgan fingerprint density at radius 1 is 1.39 bits per heavy atom. The molecule has 0 fully saturated rings. The first-order chi connectivity index (χ1) is 8.58. The van der Waals surface area contributed by atoms with Crippen molar-refractivity contribution in [3.05, 3.63) is 46.5 Å². The van der Waals surface area contributed by atoms with Crippen molar-refractivity contribution >= 4 is 17.7 Å². The highest BCUT2D eigenvalue weighted by Gasteiger charge is 2.12. The number of carbonyl (C=O) groups is 1. The molecule has 3 heteroatoms. The van der Waals surface area contributed by atoms with Gasteiger partial charge in [0.25, 0.3) is 0 Å². The summed E-state index contributed by atoms with van der Waals surface area (Å²) in [5.74, 6) is 0.566. The summed E-state index contributed by atoms with van der Waals surface area (Å²) in [6.07, 6.45) is 4.77. The van der Waals surface area contributed by atoms with Gasteiger partial charge in [-0.2, -0.15) is 0 Å². The quantitative estimate of drug-likeness (QED) is 0.823. The van der Waals surface area contributed by atoms with E-state index in [0.29, 0.717) is 5.92 Å². The molecule has 94 valence electrons. The van der Waals surface area contributed by atoms with E-state index in [4.69, 9.17) is 5.73 Å². The van der Waals surface area contributed by atoms with Crippen LogP contribution in [0.3, 0.4) is 0 Å². The van der Waals surface area contributed by atoms with Gasteiger partial charge in [0.1, 0.15) is 0 Å². The number of nitrogens with two attached hydrogens (primary N) is 1. The van der Waals surface area contributed by atoms with Crippen LogP contribution in [-0.2, 0) is 0 Å². The van der Waals surface area contributed by atoms with Crippen LogP contribution in [0.4, 0.5) is 4.79 Å². The molecule has 2 rings (SSSR count). The van der Waals surface area contributed by atoms with Gasteiger partial charge in [-0.3, -0.25) is 0 Å². The van der Waals surface area contributed by atoms with Crippen LogP contribution in [0.15, 0.2) is 36.0 Å². The smallest absolute Gasteiger partial charge is 0.316 e. The summed E-state index contributed by atoms with van der Waals surface area (Å²) in [6.45, 7) is 4.38. The zero-order valence-corrected chi connectivity index (χ0v) is 10.7. The van der Waals surface area contributed by atoms with Gasteiger partial charge in [0.2, 0.25) is 0 Å². The van der Waals surface area contributed by atoms with E-state index in [1.807, 2.05) is 12.1 Å². The van der Waals surface area contributed by atoms with E-state index in [0.717, 1.165) is 12.0 Å². The van der Waals surface area contributed by atoms with Crippen LogP contribution in [-0.4, -0.2) is 6.03 Å². The summed E-state index contributed by atoms with van der Waals surface area (Å²) in [5, 5.41) is 5.00. The number of rotatable bonds is 3. The average Bonchev–Trinajstić information content (AvgIpc) is 2.64. The number of urea groups is 1. The third-order valence-corrected chi connectivity index (χ3v) is 2.93. The fraction of sp³-hybridized carbons (Fsp3) is 0.267. The highest BCUT2D eigenvalue weighted by atomic mass is 16.2. The van der Waals surface area contributed by atoms with Gasteiger partial charge in [0.05, 0.1) is 0 Å². The normalized spacial score (nSPS) is 15.7. The van der Waals surface area contributed by atoms with E-state index in [-0.39, 0.29) is 0 Å². The Labute approximate surface area is 107 Å². The molecule has 0 heterocycles. The lowest BCUT2D eigenvalue weighted by atomic mass is 9.98. The molecule has 0 spiro atoms. The maximum Gasteiger partial charge on any atom is 0.316 e. The molecule has 2 amide bonds. The van der Waals surface area contributed by atoms with Gasteiger partial charge in [-0.05, 0) is 40.0 Å². The average molecular weight is 242 g/mol. The van der Waals surface area contributed by atoms with E-state index in [9.17, 15) is 4.79 Å². The van der Waals surface area contributed by atoms with Crippen molar-refractivity contribution in [2.75, 3.05) is 0 Å². The Bertz CT molecular complexity index is 612. The van der Waals surface area contributed by atoms with Crippen molar-refractivity contribution in [3.8, 4) is 0 Å². The standard InChI is InChI=1S/C15H18N2O/c1-10(2)7-14-12(9-17-15(16)18)8-11-5-3-4-6-13(11)14/h3-6,8-10H,7H2,1-2H3,(H3,16,17,18). The van der Waals surface area contributed by atoms with Gasteiger partial charge < -0.3 is 11.1 Å². The lowest BCUT2D eigenvalue weighted by molar-refractivity contribution is 0.252. The number of carbonyl (C=O) groups excluding carboxylic acids is 1. The molecule has 3 nitrogen and oxygen atoms in total. The Balaban J connectivity index is 2.48. The Morgan fingerprint density at radius 3 is 2.78 bits per heavy atom. The third kappa shape index (κ3) is 2.62. The minimum Gasteiger partial charge on any atom is -0.351 e. The van der Waals surface area contributed by atoms with E-state index < -0.39 is 6.03 Å². The van der Waals surface area contributed by atoms with Crippen molar-refractivity contribution in [1.29, 1.82) is 0 Å². The third-order valence-electron chi connectivity index (χ3n) is 2.93. The largest absolute Gasteiger partial charge is 0.351 e. The first-order valence-corrected chi connectivity index (χ1v) is 6.14. The van der Waals surface area contributed by atoms with Crippen molar-refractivity contribution in [3.63, 3.8) is 0 Å². The first kappa shape index (κ1) is 12.4. The molecule has 1 aromatic carbocycles. The molecule has 3 N–H and O–H groups in total. The van der Waals surface area contributed by atoms with E-state index >= 15 is 0 Å². The highest BCUT2D eigenvalue weighted by Crippen LogP contribution is 2.21. The van der Waals surface area contributed by atoms with E-state index in [1.54, 1.807) is 6.20 Å². The number of amides is 2. The lowest BCUT2D eigenvalue weighted by Gasteiger charge is -2.08. The Kier molecular flexibility index (Phi) is 3.51. The molecule has 0 aliphatic heterocycles. The van der Waals surface area contributed by atoms with Crippen molar-refractivity contribution in [2.24, 2.45) is 11.7 Å². The molecule has 1 aromatic rings. The van der Waals surface area contributed by atoms with Gasteiger partial charge in [0, 0.05) is 6.20 Å². The Morgan fingerprint density at radius 2 is 2.11 bits per heavy atom. The number of fused-ring (bicyclic) bond motifs is 1. The minimum atomic E-state index is -0.532. The van der Waals surface area contributed by atoms with Crippen molar-refractivity contribution < 1.29 is 4.79 Å². The summed E-state index contributed by atoms with van der Waals surface area (Å²) in [5.41, 5.74) is 7.42. The molecule has 0 saturated heterocycles. The van der Waals surface area contributed by atoms with Crippen LogP contribution < -0.4 is 21.5 Å². The van der Waals surface area contributed by atoms with Crippen LogP contribution in [0, 0.1) is 5.92 Å². The van der Waals surface area contributed by atoms with Crippen LogP contribution in [0.5, 0.6) is 0 Å². The first-order valence-electron chi connectivity index (χ1n) is 6.14. The molecule has 1 aliphatic rings. The fourth-order valence-electron chi connectivity index (χ4n) is 2.22. The molecular formula is C15H18N2O. The zero-order valence-electron chi connectivity index (χ0n) is 10.7. The number of nitrogens with one attached hydrogen (secondary N) is 1.